The van der Waals surface area contributed by atoms with Crippen LogP contribution in [-0.2, 0) is 4.74 Å². The molecule has 1 heterocycles. The highest BCUT2D eigenvalue weighted by molar-refractivity contribution is 7.07. The van der Waals surface area contributed by atoms with Crippen molar-refractivity contribution in [3.8, 4) is 0 Å². The Morgan fingerprint density at radius 3 is 2.70 bits per heavy atom. The number of amides is 1. The Hall–Kier alpha value is -1.07. The zero-order valence-electron chi connectivity index (χ0n) is 12.7. The van der Waals surface area contributed by atoms with Crippen LogP contribution in [0.1, 0.15) is 58.6 Å². The normalized spacial score (nSPS) is 14.7. The summed E-state index contributed by atoms with van der Waals surface area (Å²) >= 11 is 1.59. The van der Waals surface area contributed by atoms with Crippen molar-refractivity contribution in [2.45, 2.75) is 64.7 Å². The van der Waals surface area contributed by atoms with E-state index in [4.69, 9.17) is 4.74 Å². The molecular weight excluding hydrogens is 274 g/mol. The first-order chi connectivity index (χ1) is 9.28. The molecule has 0 fully saturated rings. The van der Waals surface area contributed by atoms with Crippen LogP contribution in [0.15, 0.2) is 16.8 Å². The van der Waals surface area contributed by atoms with Gasteiger partial charge in [-0.1, -0.05) is 0 Å². The van der Waals surface area contributed by atoms with Crippen molar-refractivity contribution >= 4 is 17.4 Å². The van der Waals surface area contributed by atoms with Gasteiger partial charge >= 0.3 is 6.09 Å². The molecule has 4 nitrogen and oxygen atoms in total. The number of thiophene rings is 1. The molecule has 2 atom stereocenters. The van der Waals surface area contributed by atoms with Crippen LogP contribution < -0.4 is 5.32 Å². The van der Waals surface area contributed by atoms with Crippen LogP contribution in [0.2, 0.25) is 0 Å². The molecule has 0 aliphatic heterocycles. The summed E-state index contributed by atoms with van der Waals surface area (Å²) in [6.45, 7) is 7.47. The molecule has 5 heteroatoms. The predicted molar refractivity (Wildman–Crippen MR) is 82.0 cm³/mol. The lowest BCUT2D eigenvalue weighted by molar-refractivity contribution is 0.0505. The third-order valence-electron chi connectivity index (χ3n) is 2.81. The average Bonchev–Trinajstić information content (AvgIpc) is 2.78. The first-order valence-corrected chi connectivity index (χ1v) is 7.92. The number of alkyl carbamates (subject to hydrolysis) is 1. The Labute approximate surface area is 125 Å². The second-order valence-corrected chi connectivity index (χ2v) is 6.83. The molecule has 114 valence electrons. The van der Waals surface area contributed by atoms with Crippen molar-refractivity contribution in [3.05, 3.63) is 22.4 Å². The third-order valence-corrected chi connectivity index (χ3v) is 3.51. The summed E-state index contributed by atoms with van der Waals surface area (Å²) in [5, 5.41) is 16.7. The van der Waals surface area contributed by atoms with Crippen molar-refractivity contribution in [1.82, 2.24) is 5.32 Å². The monoisotopic (exact) mass is 299 g/mol. The molecule has 0 aliphatic carbocycles. The number of carbonyl (C=O) groups excluding carboxylic acids is 1. The van der Waals surface area contributed by atoms with E-state index in [1.165, 1.54) is 0 Å². The van der Waals surface area contributed by atoms with E-state index < -0.39 is 11.7 Å². The second kappa shape index (κ2) is 7.64. The van der Waals surface area contributed by atoms with E-state index in [-0.39, 0.29) is 12.1 Å². The molecule has 2 N–H and O–H groups in total. The average molecular weight is 299 g/mol. The molecule has 0 aliphatic rings. The molecule has 0 saturated carbocycles. The number of hydrogen-bond donors (Lipinski definition) is 2. The zero-order valence-corrected chi connectivity index (χ0v) is 13.5. The number of rotatable bonds is 6. The molecule has 0 unspecified atom stereocenters. The highest BCUT2D eigenvalue weighted by Crippen LogP contribution is 2.21. The maximum atomic E-state index is 11.6. The van der Waals surface area contributed by atoms with Crippen LogP contribution in [0, 0.1) is 0 Å². The molecule has 0 saturated heterocycles. The van der Waals surface area contributed by atoms with Crippen LogP contribution in [0.3, 0.4) is 0 Å². The fourth-order valence-electron chi connectivity index (χ4n) is 1.83. The summed E-state index contributed by atoms with van der Waals surface area (Å²) < 4.78 is 5.20. The Balaban J connectivity index is 2.20. The summed E-state index contributed by atoms with van der Waals surface area (Å²) in [4.78, 5) is 11.6. The van der Waals surface area contributed by atoms with Crippen LogP contribution in [-0.4, -0.2) is 22.8 Å². The van der Waals surface area contributed by atoms with Gasteiger partial charge in [0.2, 0.25) is 0 Å². The van der Waals surface area contributed by atoms with Gasteiger partial charge in [-0.05, 0) is 69.3 Å². The van der Waals surface area contributed by atoms with Gasteiger partial charge in [0.15, 0.2) is 0 Å². The van der Waals surface area contributed by atoms with Gasteiger partial charge < -0.3 is 15.2 Å². The smallest absolute Gasteiger partial charge is 0.407 e. The number of aliphatic hydroxyl groups is 1. The highest BCUT2D eigenvalue weighted by atomic mass is 32.1. The van der Waals surface area contributed by atoms with E-state index in [0.717, 1.165) is 18.4 Å². The molecule has 1 rings (SSSR count). The summed E-state index contributed by atoms with van der Waals surface area (Å²) in [5.74, 6) is 0. The molecule has 0 radical (unpaired) electrons. The Bertz CT molecular complexity index is 398. The summed E-state index contributed by atoms with van der Waals surface area (Å²) in [5.41, 5.74) is 0.502. The van der Waals surface area contributed by atoms with Gasteiger partial charge in [0.25, 0.3) is 0 Å². The third kappa shape index (κ3) is 6.91. The van der Waals surface area contributed by atoms with Crippen molar-refractivity contribution in [1.29, 1.82) is 0 Å². The lowest BCUT2D eigenvalue weighted by atomic mass is 10.0. The maximum Gasteiger partial charge on any atom is 0.407 e. The predicted octanol–water partition coefficient (Wildman–Crippen LogP) is 3.87. The molecule has 0 spiro atoms. The van der Waals surface area contributed by atoms with Gasteiger partial charge in [0.05, 0.1) is 6.10 Å². The van der Waals surface area contributed by atoms with E-state index >= 15 is 0 Å². The lowest BCUT2D eigenvalue weighted by Gasteiger charge is -2.22. The Morgan fingerprint density at radius 1 is 1.45 bits per heavy atom. The molecule has 20 heavy (non-hydrogen) atoms. The Kier molecular flexibility index (Phi) is 6.49. The summed E-state index contributed by atoms with van der Waals surface area (Å²) in [6.07, 6.45) is 1.59. The minimum absolute atomic E-state index is 0.0412. The van der Waals surface area contributed by atoms with Crippen molar-refractivity contribution in [2.75, 3.05) is 0 Å². The molecule has 0 aromatic carbocycles. The molecule has 1 aromatic heterocycles. The number of aliphatic hydroxyl groups excluding tert-OH is 1. The van der Waals surface area contributed by atoms with Crippen LogP contribution in [0.4, 0.5) is 4.79 Å². The number of hydrogen-bond acceptors (Lipinski definition) is 4. The van der Waals surface area contributed by atoms with Gasteiger partial charge in [-0.2, -0.15) is 11.3 Å². The standard InChI is InChI=1S/C15H25NO3S/c1-11(16-14(18)19-15(2,3)4)6-5-7-13(17)12-8-9-20-10-12/h8-11,13,17H,5-7H2,1-4H3,(H,16,18)/t11-,13-/m1/s1. The van der Waals surface area contributed by atoms with Crippen LogP contribution in [0.5, 0.6) is 0 Å². The van der Waals surface area contributed by atoms with Crippen molar-refractivity contribution in [2.24, 2.45) is 0 Å². The van der Waals surface area contributed by atoms with Crippen LogP contribution in [0.25, 0.3) is 0 Å². The second-order valence-electron chi connectivity index (χ2n) is 6.05. The van der Waals surface area contributed by atoms with E-state index in [1.54, 1.807) is 11.3 Å². The highest BCUT2D eigenvalue weighted by Gasteiger charge is 2.17. The van der Waals surface area contributed by atoms with E-state index in [9.17, 15) is 9.90 Å². The van der Waals surface area contributed by atoms with Crippen LogP contribution >= 0.6 is 11.3 Å². The summed E-state index contributed by atoms with van der Waals surface area (Å²) in [7, 11) is 0. The van der Waals surface area contributed by atoms with Crippen molar-refractivity contribution < 1.29 is 14.6 Å². The van der Waals surface area contributed by atoms with Gasteiger partial charge in [-0.25, -0.2) is 4.79 Å². The number of carbonyl (C=O) groups is 1. The van der Waals surface area contributed by atoms with Gasteiger partial charge in [0.1, 0.15) is 5.60 Å². The first-order valence-electron chi connectivity index (χ1n) is 6.97. The van der Waals surface area contributed by atoms with Gasteiger partial charge in [-0.3, -0.25) is 0 Å². The topological polar surface area (TPSA) is 58.6 Å². The van der Waals surface area contributed by atoms with E-state index in [2.05, 4.69) is 5.32 Å². The molecule has 1 amide bonds. The fraction of sp³-hybridized carbons (Fsp3) is 0.667. The fourth-order valence-corrected chi connectivity index (χ4v) is 2.54. The van der Waals surface area contributed by atoms with Gasteiger partial charge in [0, 0.05) is 6.04 Å². The minimum atomic E-state index is -0.473. The molecule has 0 bridgehead atoms. The van der Waals surface area contributed by atoms with E-state index in [1.807, 2.05) is 44.5 Å². The lowest BCUT2D eigenvalue weighted by Crippen LogP contribution is -2.37. The maximum absolute atomic E-state index is 11.6. The SMILES string of the molecule is C[C@H](CCC[C@@H](O)c1ccsc1)NC(=O)OC(C)(C)C. The number of nitrogens with one attached hydrogen (secondary N) is 1. The first kappa shape index (κ1) is 17.0. The minimum Gasteiger partial charge on any atom is -0.444 e. The molecular formula is C15H25NO3S. The zero-order chi connectivity index (χ0) is 15.2. The van der Waals surface area contributed by atoms with Crippen molar-refractivity contribution in [3.63, 3.8) is 0 Å². The van der Waals surface area contributed by atoms with Gasteiger partial charge in [-0.15, -0.1) is 0 Å². The van der Waals surface area contributed by atoms with E-state index in [0.29, 0.717) is 6.42 Å². The number of ether oxygens (including phenoxy) is 1. The largest absolute Gasteiger partial charge is 0.444 e. The Morgan fingerprint density at radius 2 is 2.15 bits per heavy atom. The summed E-state index contributed by atoms with van der Waals surface area (Å²) in [6, 6.07) is 1.98. The molecule has 1 aromatic rings. The quantitative estimate of drug-likeness (QED) is 0.838.